The number of H-pyrrole nitrogens is 1. The molecule has 0 amide bonds. The Labute approximate surface area is 134 Å². The van der Waals surface area contributed by atoms with E-state index in [4.69, 9.17) is 0 Å². The molecule has 0 fully saturated rings. The van der Waals surface area contributed by atoms with Crippen LogP contribution in [0, 0.1) is 19.6 Å². The number of nitro groups is 1. The molecule has 0 unspecified atom stereocenters. The Hall–Kier alpha value is -1.77. The molecule has 6 nitrogen and oxygen atoms in total. The van der Waals surface area contributed by atoms with Gasteiger partial charge in [0.05, 0.1) is 19.8 Å². The molecule has 0 radical (unpaired) electrons. The van der Waals surface area contributed by atoms with E-state index < -0.39 is 4.92 Å². The number of aromatic nitrogens is 2. The van der Waals surface area contributed by atoms with E-state index in [1.165, 1.54) is 6.07 Å². The van der Waals surface area contributed by atoms with Gasteiger partial charge in [0, 0.05) is 6.07 Å². The van der Waals surface area contributed by atoms with Crippen molar-refractivity contribution in [3.05, 3.63) is 54.0 Å². The molecule has 0 saturated heterocycles. The predicted octanol–water partition coefficient (Wildman–Crippen LogP) is 3.15. The second-order valence-corrected chi connectivity index (χ2v) is 6.13. The summed E-state index contributed by atoms with van der Waals surface area (Å²) in [7, 11) is 0. The number of nitro benzene ring substituents is 1. The normalized spacial score (nSPS) is 10.9. The van der Waals surface area contributed by atoms with Crippen molar-refractivity contribution in [3.63, 3.8) is 0 Å². The quantitative estimate of drug-likeness (QED) is 0.486. The van der Waals surface area contributed by atoms with Gasteiger partial charge in [-0.25, -0.2) is 4.98 Å². The zero-order valence-electron chi connectivity index (χ0n) is 11.6. The largest absolute Gasteiger partial charge is 0.305 e. The van der Waals surface area contributed by atoms with Gasteiger partial charge in [-0.2, -0.15) is 0 Å². The molecule has 0 bridgehead atoms. The summed E-state index contributed by atoms with van der Waals surface area (Å²) >= 11 is 1.96. The van der Waals surface area contributed by atoms with Gasteiger partial charge in [0.2, 0.25) is 0 Å². The van der Waals surface area contributed by atoms with Crippen LogP contribution in [-0.2, 0) is 6.42 Å². The van der Waals surface area contributed by atoms with Crippen LogP contribution in [0.15, 0.2) is 29.1 Å². The van der Waals surface area contributed by atoms with Crippen LogP contribution in [0.3, 0.4) is 0 Å². The number of rotatable bonds is 4. The molecule has 7 heteroatoms. The molecule has 1 N–H and O–H groups in total. The molecule has 1 aromatic carbocycles. The molecule has 2 rings (SSSR count). The molecule has 110 valence electrons. The van der Waals surface area contributed by atoms with Crippen molar-refractivity contribution < 1.29 is 4.92 Å². The van der Waals surface area contributed by atoms with E-state index in [1.807, 2.05) is 36.4 Å². The SMILES string of the molecule is CC(C)Cc1nc(-c2ccccc2[N+](=O)[O-])[nH]c(=O)c1I. The van der Waals surface area contributed by atoms with Crippen molar-refractivity contribution in [2.75, 3.05) is 0 Å². The molecule has 1 aromatic heterocycles. The lowest BCUT2D eigenvalue weighted by Gasteiger charge is -2.09. The van der Waals surface area contributed by atoms with Crippen LogP contribution in [-0.4, -0.2) is 14.9 Å². The van der Waals surface area contributed by atoms with Crippen molar-refractivity contribution in [2.45, 2.75) is 20.3 Å². The van der Waals surface area contributed by atoms with E-state index in [9.17, 15) is 14.9 Å². The number of para-hydroxylation sites is 1. The second kappa shape index (κ2) is 6.33. The zero-order chi connectivity index (χ0) is 15.6. The van der Waals surface area contributed by atoms with Crippen molar-refractivity contribution >= 4 is 28.3 Å². The molecule has 0 aliphatic carbocycles. The summed E-state index contributed by atoms with van der Waals surface area (Å²) in [6.07, 6.45) is 0.649. The van der Waals surface area contributed by atoms with E-state index >= 15 is 0 Å². The van der Waals surface area contributed by atoms with Crippen molar-refractivity contribution in [1.82, 2.24) is 9.97 Å². The molecule has 0 atom stereocenters. The minimum atomic E-state index is -0.477. The van der Waals surface area contributed by atoms with Gasteiger partial charge in [0.25, 0.3) is 11.2 Å². The maximum absolute atomic E-state index is 12.0. The minimum absolute atomic E-state index is 0.0719. The number of benzene rings is 1. The van der Waals surface area contributed by atoms with Crippen molar-refractivity contribution in [1.29, 1.82) is 0 Å². The fourth-order valence-corrected chi connectivity index (χ4v) is 2.46. The Bertz CT molecular complexity index is 740. The van der Waals surface area contributed by atoms with Crippen LogP contribution in [0.2, 0.25) is 0 Å². The standard InChI is InChI=1S/C14H14IN3O3/c1-8(2)7-10-12(15)14(19)17-13(16-10)9-5-3-4-6-11(9)18(20)21/h3-6,8H,7H2,1-2H3,(H,16,17,19). The van der Waals surface area contributed by atoms with E-state index in [0.717, 1.165) is 0 Å². The van der Waals surface area contributed by atoms with Gasteiger partial charge < -0.3 is 4.98 Å². The Morgan fingerprint density at radius 3 is 2.67 bits per heavy atom. The first-order chi connectivity index (χ1) is 9.90. The molecular weight excluding hydrogens is 385 g/mol. The first-order valence-electron chi connectivity index (χ1n) is 6.42. The van der Waals surface area contributed by atoms with Crippen molar-refractivity contribution in [3.8, 4) is 11.4 Å². The summed E-state index contributed by atoms with van der Waals surface area (Å²) in [5.41, 5.74) is 0.648. The second-order valence-electron chi connectivity index (χ2n) is 5.05. The molecular formula is C14H14IN3O3. The number of aromatic amines is 1. The number of nitrogens with zero attached hydrogens (tertiary/aromatic N) is 2. The monoisotopic (exact) mass is 399 g/mol. The Balaban J connectivity index is 2.63. The van der Waals surface area contributed by atoms with Gasteiger partial charge in [-0.3, -0.25) is 14.9 Å². The summed E-state index contributed by atoms with van der Waals surface area (Å²) in [5, 5.41) is 11.1. The Kier molecular flexibility index (Phi) is 4.71. The highest BCUT2D eigenvalue weighted by molar-refractivity contribution is 14.1. The highest BCUT2D eigenvalue weighted by Crippen LogP contribution is 2.26. The lowest BCUT2D eigenvalue weighted by molar-refractivity contribution is -0.384. The van der Waals surface area contributed by atoms with Gasteiger partial charge >= 0.3 is 0 Å². The Morgan fingerprint density at radius 1 is 1.38 bits per heavy atom. The van der Waals surface area contributed by atoms with Gasteiger partial charge in [-0.1, -0.05) is 26.0 Å². The van der Waals surface area contributed by atoms with E-state index in [2.05, 4.69) is 9.97 Å². The van der Waals surface area contributed by atoms with E-state index in [1.54, 1.807) is 18.2 Å². The topological polar surface area (TPSA) is 88.9 Å². The van der Waals surface area contributed by atoms with Gasteiger partial charge in [0.15, 0.2) is 0 Å². The molecule has 1 heterocycles. The van der Waals surface area contributed by atoms with Crippen LogP contribution in [0.1, 0.15) is 19.5 Å². The van der Waals surface area contributed by atoms with Gasteiger partial charge in [-0.15, -0.1) is 0 Å². The predicted molar refractivity (Wildman–Crippen MR) is 88.2 cm³/mol. The maximum Gasteiger partial charge on any atom is 0.280 e. The molecule has 0 aliphatic rings. The average molecular weight is 399 g/mol. The highest BCUT2D eigenvalue weighted by atomic mass is 127. The van der Waals surface area contributed by atoms with Crippen LogP contribution >= 0.6 is 22.6 Å². The smallest absolute Gasteiger partial charge is 0.280 e. The van der Waals surface area contributed by atoms with E-state index in [0.29, 0.717) is 27.2 Å². The molecule has 0 saturated carbocycles. The van der Waals surface area contributed by atoms with Crippen LogP contribution in [0.25, 0.3) is 11.4 Å². The van der Waals surface area contributed by atoms with Crippen LogP contribution < -0.4 is 5.56 Å². The lowest BCUT2D eigenvalue weighted by atomic mass is 10.1. The number of nitrogens with one attached hydrogen (secondary N) is 1. The third-order valence-electron chi connectivity index (χ3n) is 2.89. The average Bonchev–Trinajstić information content (AvgIpc) is 2.43. The highest BCUT2D eigenvalue weighted by Gasteiger charge is 2.18. The summed E-state index contributed by atoms with van der Waals surface area (Å²) in [5.74, 6) is 0.579. The first-order valence-corrected chi connectivity index (χ1v) is 7.50. The zero-order valence-corrected chi connectivity index (χ0v) is 13.7. The number of hydrogen-bond acceptors (Lipinski definition) is 4. The third kappa shape index (κ3) is 3.46. The third-order valence-corrected chi connectivity index (χ3v) is 4.00. The minimum Gasteiger partial charge on any atom is -0.305 e. The summed E-state index contributed by atoms with van der Waals surface area (Å²) in [6.45, 7) is 4.06. The first kappa shape index (κ1) is 15.6. The maximum atomic E-state index is 12.0. The number of hydrogen-bond donors (Lipinski definition) is 1. The Morgan fingerprint density at radius 2 is 2.05 bits per heavy atom. The fourth-order valence-electron chi connectivity index (χ4n) is 1.99. The summed E-state index contributed by atoms with van der Waals surface area (Å²) < 4.78 is 0.531. The van der Waals surface area contributed by atoms with Crippen molar-refractivity contribution in [2.24, 2.45) is 5.92 Å². The summed E-state index contributed by atoms with van der Waals surface area (Å²) in [4.78, 5) is 29.7. The molecule has 2 aromatic rings. The lowest BCUT2D eigenvalue weighted by Crippen LogP contribution is -2.17. The van der Waals surface area contributed by atoms with E-state index in [-0.39, 0.29) is 17.1 Å². The number of halogens is 1. The molecule has 0 spiro atoms. The molecule has 0 aliphatic heterocycles. The summed E-state index contributed by atoms with van der Waals surface area (Å²) in [6, 6.07) is 6.25. The fraction of sp³-hybridized carbons (Fsp3) is 0.286. The van der Waals surface area contributed by atoms with Gasteiger partial charge in [-0.05, 0) is 41.0 Å². The van der Waals surface area contributed by atoms with Crippen LogP contribution in [0.4, 0.5) is 5.69 Å². The van der Waals surface area contributed by atoms with Crippen LogP contribution in [0.5, 0.6) is 0 Å². The molecule has 21 heavy (non-hydrogen) atoms. The van der Waals surface area contributed by atoms with Gasteiger partial charge in [0.1, 0.15) is 5.82 Å².